The minimum atomic E-state index is -0.0288. The summed E-state index contributed by atoms with van der Waals surface area (Å²) in [5.74, 6) is 1.37. The standard InChI is InChI=1S/C11H14BrNO2/c1-6-3-8(4-6)13-11(14)9-5-10(12)15-7(9)2/h5-6,8H,3-4H2,1-2H3,(H,13,14). The number of rotatable bonds is 2. The molecule has 2 rings (SSSR count). The van der Waals surface area contributed by atoms with E-state index in [1.54, 1.807) is 13.0 Å². The second-order valence-electron chi connectivity index (χ2n) is 4.27. The van der Waals surface area contributed by atoms with Gasteiger partial charge in [0.05, 0.1) is 5.56 Å². The Kier molecular flexibility index (Phi) is 2.87. The summed E-state index contributed by atoms with van der Waals surface area (Å²) in [5.41, 5.74) is 0.626. The Morgan fingerprint density at radius 2 is 2.27 bits per heavy atom. The second kappa shape index (κ2) is 4.00. The van der Waals surface area contributed by atoms with E-state index in [4.69, 9.17) is 4.42 Å². The number of halogens is 1. The van der Waals surface area contributed by atoms with E-state index in [0.717, 1.165) is 18.8 Å². The van der Waals surface area contributed by atoms with Crippen LogP contribution in [0.4, 0.5) is 0 Å². The molecule has 0 spiro atoms. The van der Waals surface area contributed by atoms with Crippen LogP contribution in [0.5, 0.6) is 0 Å². The summed E-state index contributed by atoms with van der Waals surface area (Å²) < 4.78 is 5.85. The third-order valence-corrected chi connectivity index (χ3v) is 3.23. The van der Waals surface area contributed by atoms with Gasteiger partial charge < -0.3 is 9.73 Å². The highest BCUT2D eigenvalue weighted by molar-refractivity contribution is 9.10. The molecule has 1 aliphatic carbocycles. The lowest BCUT2D eigenvalue weighted by Crippen LogP contribution is -2.43. The van der Waals surface area contributed by atoms with Crippen LogP contribution in [0.1, 0.15) is 35.9 Å². The van der Waals surface area contributed by atoms with E-state index in [9.17, 15) is 4.79 Å². The molecule has 1 saturated carbocycles. The molecule has 0 atom stereocenters. The van der Waals surface area contributed by atoms with Crippen molar-refractivity contribution >= 4 is 21.8 Å². The molecule has 1 N–H and O–H groups in total. The molecular formula is C11H14BrNO2. The molecule has 1 aliphatic rings. The Bertz CT molecular complexity index is 380. The van der Waals surface area contributed by atoms with Gasteiger partial charge in [-0.1, -0.05) is 6.92 Å². The van der Waals surface area contributed by atoms with Crippen molar-refractivity contribution in [2.75, 3.05) is 0 Å². The van der Waals surface area contributed by atoms with Crippen LogP contribution in [0.15, 0.2) is 15.2 Å². The maximum atomic E-state index is 11.8. The van der Waals surface area contributed by atoms with Crippen LogP contribution in [-0.2, 0) is 0 Å². The van der Waals surface area contributed by atoms with Crippen molar-refractivity contribution in [2.45, 2.75) is 32.7 Å². The van der Waals surface area contributed by atoms with Gasteiger partial charge in [0.25, 0.3) is 5.91 Å². The fourth-order valence-corrected chi connectivity index (χ4v) is 2.43. The van der Waals surface area contributed by atoms with Gasteiger partial charge in [-0.15, -0.1) is 0 Å². The zero-order valence-corrected chi connectivity index (χ0v) is 10.4. The van der Waals surface area contributed by atoms with Crippen molar-refractivity contribution in [2.24, 2.45) is 5.92 Å². The molecule has 1 aromatic heterocycles. The number of hydrogen-bond acceptors (Lipinski definition) is 2. The average Bonchev–Trinajstić information content (AvgIpc) is 2.42. The number of furan rings is 1. The molecule has 0 unspecified atom stereocenters. The van der Waals surface area contributed by atoms with Crippen LogP contribution in [0.3, 0.4) is 0 Å². The topological polar surface area (TPSA) is 42.2 Å². The number of nitrogens with one attached hydrogen (secondary N) is 1. The molecule has 1 aromatic rings. The van der Waals surface area contributed by atoms with Gasteiger partial charge in [0.15, 0.2) is 4.67 Å². The fraction of sp³-hybridized carbons (Fsp3) is 0.545. The summed E-state index contributed by atoms with van der Waals surface area (Å²) in [4.78, 5) is 11.8. The first-order chi connectivity index (χ1) is 7.06. The predicted octanol–water partition coefficient (Wildman–Crippen LogP) is 2.88. The molecule has 0 radical (unpaired) electrons. The lowest BCUT2D eigenvalue weighted by atomic mass is 9.82. The molecule has 0 aromatic carbocycles. The molecule has 1 heterocycles. The highest BCUT2D eigenvalue weighted by Crippen LogP contribution is 2.27. The lowest BCUT2D eigenvalue weighted by molar-refractivity contribution is 0.0894. The predicted molar refractivity (Wildman–Crippen MR) is 60.8 cm³/mol. The molecule has 15 heavy (non-hydrogen) atoms. The molecular weight excluding hydrogens is 258 g/mol. The summed E-state index contributed by atoms with van der Waals surface area (Å²) in [6.45, 7) is 3.99. The lowest BCUT2D eigenvalue weighted by Gasteiger charge is -2.33. The van der Waals surface area contributed by atoms with Crippen LogP contribution >= 0.6 is 15.9 Å². The first kappa shape index (κ1) is 10.7. The first-order valence-corrected chi connectivity index (χ1v) is 5.92. The van der Waals surface area contributed by atoms with E-state index in [1.807, 2.05) is 0 Å². The minimum absolute atomic E-state index is 0.0288. The molecule has 3 nitrogen and oxygen atoms in total. The number of aryl methyl sites for hydroxylation is 1. The smallest absolute Gasteiger partial charge is 0.255 e. The molecule has 4 heteroatoms. The van der Waals surface area contributed by atoms with Gasteiger partial charge in [0, 0.05) is 12.1 Å². The number of amides is 1. The maximum absolute atomic E-state index is 11.8. The van der Waals surface area contributed by atoms with Crippen LogP contribution in [0.25, 0.3) is 0 Å². The van der Waals surface area contributed by atoms with Gasteiger partial charge in [-0.05, 0) is 41.6 Å². The molecule has 1 fully saturated rings. The van der Waals surface area contributed by atoms with Crippen molar-refractivity contribution in [3.8, 4) is 0 Å². The van der Waals surface area contributed by atoms with E-state index in [2.05, 4.69) is 28.2 Å². The quantitative estimate of drug-likeness (QED) is 0.899. The monoisotopic (exact) mass is 271 g/mol. The minimum Gasteiger partial charge on any atom is -0.454 e. The van der Waals surface area contributed by atoms with Crippen LogP contribution in [-0.4, -0.2) is 11.9 Å². The van der Waals surface area contributed by atoms with E-state index in [1.165, 1.54) is 0 Å². The van der Waals surface area contributed by atoms with E-state index < -0.39 is 0 Å². The average molecular weight is 272 g/mol. The van der Waals surface area contributed by atoms with E-state index in [0.29, 0.717) is 22.0 Å². The normalized spacial score (nSPS) is 24.7. The molecule has 0 aliphatic heterocycles. The van der Waals surface area contributed by atoms with Crippen LogP contribution in [0, 0.1) is 12.8 Å². The maximum Gasteiger partial charge on any atom is 0.255 e. The Labute approximate surface area is 97.4 Å². The van der Waals surface area contributed by atoms with Gasteiger partial charge >= 0.3 is 0 Å². The summed E-state index contributed by atoms with van der Waals surface area (Å²) >= 11 is 3.21. The van der Waals surface area contributed by atoms with Crippen LogP contribution in [0.2, 0.25) is 0 Å². The van der Waals surface area contributed by atoms with Crippen molar-refractivity contribution in [3.05, 3.63) is 22.1 Å². The van der Waals surface area contributed by atoms with Crippen molar-refractivity contribution in [1.82, 2.24) is 5.32 Å². The second-order valence-corrected chi connectivity index (χ2v) is 5.05. The Morgan fingerprint density at radius 1 is 1.60 bits per heavy atom. The molecule has 0 bridgehead atoms. The third kappa shape index (κ3) is 2.25. The SMILES string of the molecule is Cc1oc(Br)cc1C(=O)NC1CC(C)C1. The number of carbonyl (C=O) groups excluding carboxylic acids is 1. The van der Waals surface area contributed by atoms with Crippen LogP contribution < -0.4 is 5.32 Å². The van der Waals surface area contributed by atoms with E-state index in [-0.39, 0.29) is 5.91 Å². The summed E-state index contributed by atoms with van der Waals surface area (Å²) in [6.07, 6.45) is 2.17. The zero-order valence-electron chi connectivity index (χ0n) is 8.84. The molecule has 82 valence electrons. The summed E-state index contributed by atoms with van der Waals surface area (Å²) in [5, 5.41) is 3.00. The van der Waals surface area contributed by atoms with Crippen molar-refractivity contribution in [1.29, 1.82) is 0 Å². The van der Waals surface area contributed by atoms with Gasteiger partial charge in [-0.25, -0.2) is 0 Å². The van der Waals surface area contributed by atoms with Gasteiger partial charge in [-0.3, -0.25) is 4.79 Å². The third-order valence-electron chi connectivity index (χ3n) is 2.84. The Morgan fingerprint density at radius 3 is 2.73 bits per heavy atom. The Hall–Kier alpha value is -0.770. The number of hydrogen-bond donors (Lipinski definition) is 1. The van der Waals surface area contributed by atoms with Crippen molar-refractivity contribution < 1.29 is 9.21 Å². The van der Waals surface area contributed by atoms with Gasteiger partial charge in [-0.2, -0.15) is 0 Å². The summed E-state index contributed by atoms with van der Waals surface area (Å²) in [7, 11) is 0. The largest absolute Gasteiger partial charge is 0.454 e. The zero-order chi connectivity index (χ0) is 11.0. The highest BCUT2D eigenvalue weighted by atomic mass is 79.9. The van der Waals surface area contributed by atoms with Crippen molar-refractivity contribution in [3.63, 3.8) is 0 Å². The highest BCUT2D eigenvalue weighted by Gasteiger charge is 2.27. The Balaban J connectivity index is 1.99. The summed E-state index contributed by atoms with van der Waals surface area (Å²) in [6, 6.07) is 2.06. The first-order valence-electron chi connectivity index (χ1n) is 5.13. The molecule has 0 saturated heterocycles. The van der Waals surface area contributed by atoms with Gasteiger partial charge in [0.1, 0.15) is 5.76 Å². The van der Waals surface area contributed by atoms with E-state index >= 15 is 0 Å². The van der Waals surface area contributed by atoms with Gasteiger partial charge in [0.2, 0.25) is 0 Å². The fourth-order valence-electron chi connectivity index (χ4n) is 1.95. The number of carbonyl (C=O) groups is 1. The molecule has 1 amide bonds.